The average Bonchev–Trinajstić information content (AvgIpc) is 2.41. The van der Waals surface area contributed by atoms with Crippen molar-refractivity contribution in [3.8, 4) is 0 Å². The van der Waals surface area contributed by atoms with Crippen molar-refractivity contribution >= 4 is 38.9 Å². The minimum absolute atomic E-state index is 0.195. The Morgan fingerprint density at radius 2 is 2.24 bits per heavy atom. The van der Waals surface area contributed by atoms with Crippen molar-refractivity contribution in [2.24, 2.45) is 0 Å². The highest BCUT2D eigenvalue weighted by molar-refractivity contribution is 7.92. The molecule has 2 rings (SSSR count). The zero-order valence-electron chi connectivity index (χ0n) is 11.3. The summed E-state index contributed by atoms with van der Waals surface area (Å²) in [4.78, 5) is 12.0. The molecule has 0 aromatic heterocycles. The molecular formula is C12H16ClN3O4S. The van der Waals surface area contributed by atoms with E-state index in [0.29, 0.717) is 18.8 Å². The van der Waals surface area contributed by atoms with Gasteiger partial charge >= 0.3 is 0 Å². The number of anilines is 2. The fraction of sp³-hybridized carbons (Fsp3) is 0.417. The lowest BCUT2D eigenvalue weighted by atomic mass is 10.2. The van der Waals surface area contributed by atoms with Gasteiger partial charge in [0.1, 0.15) is 6.10 Å². The predicted octanol–water partition coefficient (Wildman–Crippen LogP) is 0.638. The number of nitrogens with one attached hydrogen (secondary N) is 3. The summed E-state index contributed by atoms with van der Waals surface area (Å²) in [7, 11) is -3.40. The number of rotatable bonds is 4. The van der Waals surface area contributed by atoms with Crippen molar-refractivity contribution < 1.29 is 17.9 Å². The van der Waals surface area contributed by atoms with Crippen molar-refractivity contribution in [2.75, 3.05) is 36.0 Å². The zero-order chi connectivity index (χ0) is 15.5. The Bertz CT molecular complexity index is 629. The first-order valence-corrected chi connectivity index (χ1v) is 8.52. The number of morpholine rings is 1. The molecule has 0 radical (unpaired) electrons. The molecular weight excluding hydrogens is 318 g/mol. The van der Waals surface area contributed by atoms with Gasteiger partial charge in [-0.1, -0.05) is 11.6 Å². The van der Waals surface area contributed by atoms with E-state index in [1.165, 1.54) is 12.1 Å². The highest BCUT2D eigenvalue weighted by Gasteiger charge is 2.21. The second-order valence-corrected chi connectivity index (χ2v) is 6.78. The van der Waals surface area contributed by atoms with Crippen LogP contribution in [0.5, 0.6) is 0 Å². The highest BCUT2D eigenvalue weighted by atomic mass is 35.5. The molecule has 3 N–H and O–H groups in total. The van der Waals surface area contributed by atoms with Gasteiger partial charge in [-0.15, -0.1) is 0 Å². The third-order valence-electron chi connectivity index (χ3n) is 2.75. The lowest BCUT2D eigenvalue weighted by Gasteiger charge is -2.22. The molecule has 1 aliphatic heterocycles. The zero-order valence-corrected chi connectivity index (χ0v) is 12.9. The summed E-state index contributed by atoms with van der Waals surface area (Å²) in [5, 5.41) is 5.93. The number of halogens is 1. The molecule has 1 aliphatic rings. The van der Waals surface area contributed by atoms with Crippen LogP contribution in [0.25, 0.3) is 0 Å². The van der Waals surface area contributed by atoms with E-state index in [2.05, 4.69) is 15.4 Å². The van der Waals surface area contributed by atoms with Crippen molar-refractivity contribution in [1.29, 1.82) is 0 Å². The summed E-state index contributed by atoms with van der Waals surface area (Å²) in [5.74, 6) is -0.276. The number of hydrogen-bond acceptors (Lipinski definition) is 5. The first kappa shape index (κ1) is 16.0. The standard InChI is InChI=1S/C12H16ClN3O4S/c1-21(18,19)16-10-3-2-8(6-9(10)13)15-12(17)11-7-14-4-5-20-11/h2-3,6,11,14,16H,4-5,7H2,1H3,(H,15,17). The molecule has 0 aliphatic carbocycles. The Kier molecular flexibility index (Phi) is 5.04. The van der Waals surface area contributed by atoms with E-state index in [4.69, 9.17) is 16.3 Å². The molecule has 0 bridgehead atoms. The van der Waals surface area contributed by atoms with Crippen molar-refractivity contribution in [3.05, 3.63) is 23.2 Å². The fourth-order valence-corrected chi connectivity index (χ4v) is 2.69. The van der Waals surface area contributed by atoms with Gasteiger partial charge in [0, 0.05) is 18.8 Å². The smallest absolute Gasteiger partial charge is 0.254 e. The Morgan fingerprint density at radius 1 is 1.48 bits per heavy atom. The third-order valence-corrected chi connectivity index (χ3v) is 3.66. The number of amides is 1. The van der Waals surface area contributed by atoms with Crippen LogP contribution >= 0.6 is 11.6 Å². The van der Waals surface area contributed by atoms with E-state index >= 15 is 0 Å². The van der Waals surface area contributed by atoms with Gasteiger partial charge < -0.3 is 15.4 Å². The molecule has 1 fully saturated rings. The van der Waals surface area contributed by atoms with Crippen LogP contribution in [0.3, 0.4) is 0 Å². The van der Waals surface area contributed by atoms with Crippen LogP contribution in [-0.2, 0) is 19.6 Å². The maximum absolute atomic E-state index is 12.0. The molecule has 7 nitrogen and oxygen atoms in total. The summed E-state index contributed by atoms with van der Waals surface area (Å²) in [5.41, 5.74) is 0.728. The molecule has 9 heteroatoms. The second kappa shape index (κ2) is 6.61. The Morgan fingerprint density at radius 3 is 2.81 bits per heavy atom. The number of carbonyl (C=O) groups is 1. The summed E-state index contributed by atoms with van der Waals surface area (Å²) in [6, 6.07) is 4.52. The van der Waals surface area contributed by atoms with Crippen LogP contribution in [0, 0.1) is 0 Å². The Labute approximate surface area is 128 Å². The van der Waals surface area contributed by atoms with Gasteiger partial charge in [0.2, 0.25) is 10.0 Å². The van der Waals surface area contributed by atoms with E-state index in [-0.39, 0.29) is 16.6 Å². The van der Waals surface area contributed by atoms with E-state index < -0.39 is 16.1 Å². The van der Waals surface area contributed by atoms with Crippen LogP contribution in [0.1, 0.15) is 0 Å². The number of hydrogen-bond donors (Lipinski definition) is 3. The highest BCUT2D eigenvalue weighted by Crippen LogP contribution is 2.26. The molecule has 1 unspecified atom stereocenters. The Balaban J connectivity index is 2.04. The minimum Gasteiger partial charge on any atom is -0.366 e. The molecule has 1 heterocycles. The van der Waals surface area contributed by atoms with Crippen LogP contribution in [0.2, 0.25) is 5.02 Å². The maximum atomic E-state index is 12.0. The van der Waals surface area contributed by atoms with Gasteiger partial charge in [-0.25, -0.2) is 8.42 Å². The molecule has 21 heavy (non-hydrogen) atoms. The average molecular weight is 334 g/mol. The van der Waals surface area contributed by atoms with Crippen LogP contribution in [0.4, 0.5) is 11.4 Å². The molecule has 1 atom stereocenters. The van der Waals surface area contributed by atoms with Gasteiger partial charge in [0.25, 0.3) is 5.91 Å². The minimum atomic E-state index is -3.40. The number of sulfonamides is 1. The summed E-state index contributed by atoms with van der Waals surface area (Å²) >= 11 is 5.98. The lowest BCUT2D eigenvalue weighted by molar-refractivity contribution is -0.128. The second-order valence-electron chi connectivity index (χ2n) is 4.62. The molecule has 1 amide bonds. The van der Waals surface area contributed by atoms with Crippen LogP contribution in [0.15, 0.2) is 18.2 Å². The van der Waals surface area contributed by atoms with E-state index in [1.807, 2.05) is 0 Å². The van der Waals surface area contributed by atoms with Crippen molar-refractivity contribution in [1.82, 2.24) is 5.32 Å². The molecule has 1 aromatic rings. The quantitative estimate of drug-likeness (QED) is 0.751. The van der Waals surface area contributed by atoms with Crippen LogP contribution < -0.4 is 15.4 Å². The van der Waals surface area contributed by atoms with E-state index in [9.17, 15) is 13.2 Å². The Hall–Kier alpha value is -1.35. The topological polar surface area (TPSA) is 96.5 Å². The van der Waals surface area contributed by atoms with Gasteiger partial charge in [-0.2, -0.15) is 0 Å². The van der Waals surface area contributed by atoms with Gasteiger partial charge in [-0.05, 0) is 18.2 Å². The molecule has 1 saturated heterocycles. The monoisotopic (exact) mass is 333 g/mol. The number of benzene rings is 1. The molecule has 116 valence electrons. The fourth-order valence-electron chi connectivity index (χ4n) is 1.83. The maximum Gasteiger partial charge on any atom is 0.254 e. The molecule has 0 saturated carbocycles. The number of ether oxygens (including phenoxy) is 1. The molecule has 0 spiro atoms. The largest absolute Gasteiger partial charge is 0.366 e. The first-order chi connectivity index (χ1) is 9.85. The predicted molar refractivity (Wildman–Crippen MR) is 81.2 cm³/mol. The van der Waals surface area contributed by atoms with Gasteiger partial charge in [-0.3, -0.25) is 9.52 Å². The van der Waals surface area contributed by atoms with Crippen molar-refractivity contribution in [2.45, 2.75) is 6.10 Å². The SMILES string of the molecule is CS(=O)(=O)Nc1ccc(NC(=O)C2CNCCO2)cc1Cl. The van der Waals surface area contributed by atoms with E-state index in [1.54, 1.807) is 6.07 Å². The lowest BCUT2D eigenvalue weighted by Crippen LogP contribution is -2.45. The van der Waals surface area contributed by atoms with Crippen LogP contribution in [-0.4, -0.2) is 46.4 Å². The van der Waals surface area contributed by atoms with Gasteiger partial charge in [0.15, 0.2) is 0 Å². The third kappa shape index (κ3) is 4.85. The summed E-state index contributed by atoms with van der Waals surface area (Å²) in [6.07, 6.45) is 0.484. The number of carbonyl (C=O) groups excluding carboxylic acids is 1. The van der Waals surface area contributed by atoms with Gasteiger partial charge in [0.05, 0.1) is 23.6 Å². The normalized spacial score (nSPS) is 19.0. The van der Waals surface area contributed by atoms with Crippen molar-refractivity contribution in [3.63, 3.8) is 0 Å². The van der Waals surface area contributed by atoms with E-state index in [0.717, 1.165) is 12.8 Å². The molecule has 1 aromatic carbocycles. The first-order valence-electron chi connectivity index (χ1n) is 6.26. The summed E-state index contributed by atoms with van der Waals surface area (Å²) in [6.45, 7) is 1.66. The summed E-state index contributed by atoms with van der Waals surface area (Å²) < 4.78 is 29.9.